The van der Waals surface area contributed by atoms with Crippen LogP contribution in [0.1, 0.15) is 455 Å². The standard InChI is InChI=1S/C89H156O3/c1-18-22-26-30-34-38-42-46-50-54-58-62-87(17,75-69-78(84(8,9)10)81(90)66-72(75)5)88(63-59-55-51-47-43-39-35-31-27-23-19-2,64-60-56-52-48-44-40-36-32-28-24-20-3)89(65-61-57-53-49-45-41-37-33-29-25-21-4,76-70-79(85(11,12)13)82(91)67-73(76)6)77-71-80(86(14,15)16)83(92)68-74(77)7/h66-71,90-92H,18-65H2,1-17H3. The van der Waals surface area contributed by atoms with Crippen molar-refractivity contribution in [2.45, 2.75) is 453 Å². The summed E-state index contributed by atoms with van der Waals surface area (Å²) in [4.78, 5) is 0. The quantitative estimate of drug-likeness (QED) is 0.0494. The number of phenols is 3. The zero-order chi connectivity index (χ0) is 68.1. The van der Waals surface area contributed by atoms with E-state index in [4.69, 9.17) is 0 Å². The van der Waals surface area contributed by atoms with Gasteiger partial charge >= 0.3 is 0 Å². The number of hydrogen-bond acceptors (Lipinski definition) is 3. The Kier molecular flexibility index (Phi) is 39.9. The van der Waals surface area contributed by atoms with Crippen molar-refractivity contribution in [3.8, 4) is 17.2 Å². The highest BCUT2D eigenvalue weighted by Gasteiger charge is 2.62. The third kappa shape index (κ3) is 26.8. The van der Waals surface area contributed by atoms with Crippen LogP contribution in [0.4, 0.5) is 0 Å². The molecular formula is C89H156O3. The number of benzene rings is 3. The molecule has 3 nitrogen and oxygen atoms in total. The summed E-state index contributed by atoms with van der Waals surface area (Å²) in [7, 11) is 0. The third-order valence-corrected chi connectivity index (χ3v) is 22.7. The van der Waals surface area contributed by atoms with E-state index in [1.165, 1.54) is 290 Å². The molecule has 0 amide bonds. The first-order valence-corrected chi connectivity index (χ1v) is 40.4. The maximum atomic E-state index is 12.5. The van der Waals surface area contributed by atoms with E-state index in [9.17, 15) is 15.3 Å². The molecule has 3 heteroatoms. The molecule has 0 aliphatic rings. The zero-order valence-corrected chi connectivity index (χ0v) is 64.7. The second-order valence-electron chi connectivity index (χ2n) is 33.8. The van der Waals surface area contributed by atoms with Gasteiger partial charge in [-0.25, -0.2) is 0 Å². The smallest absolute Gasteiger partial charge is 0.119 e. The first-order chi connectivity index (χ1) is 43.8. The molecule has 0 heterocycles. The fourth-order valence-corrected chi connectivity index (χ4v) is 17.1. The van der Waals surface area contributed by atoms with Crippen molar-refractivity contribution in [2.24, 2.45) is 5.41 Å². The highest BCUT2D eigenvalue weighted by Crippen LogP contribution is 2.68. The van der Waals surface area contributed by atoms with Gasteiger partial charge in [0.05, 0.1) is 0 Å². The van der Waals surface area contributed by atoms with Crippen LogP contribution in [0.15, 0.2) is 36.4 Å². The van der Waals surface area contributed by atoms with Crippen LogP contribution in [0.2, 0.25) is 0 Å². The Morgan fingerprint density at radius 2 is 0.424 bits per heavy atom. The third-order valence-electron chi connectivity index (χ3n) is 22.7. The summed E-state index contributed by atoms with van der Waals surface area (Å²) >= 11 is 0. The lowest BCUT2D eigenvalue weighted by Crippen LogP contribution is -2.59. The van der Waals surface area contributed by atoms with Gasteiger partial charge in [-0.3, -0.25) is 0 Å². The average molecular weight is 1270 g/mol. The second-order valence-corrected chi connectivity index (χ2v) is 33.8. The van der Waals surface area contributed by atoms with Crippen LogP contribution in [0.25, 0.3) is 0 Å². The van der Waals surface area contributed by atoms with E-state index in [1.54, 1.807) is 0 Å². The summed E-state index contributed by atoms with van der Waals surface area (Å²) in [5, 5.41) is 37.2. The van der Waals surface area contributed by atoms with Gasteiger partial charge < -0.3 is 15.3 Å². The Labute approximate surface area is 574 Å². The molecule has 3 aromatic carbocycles. The van der Waals surface area contributed by atoms with Gasteiger partial charge in [-0.2, -0.15) is 0 Å². The monoisotopic (exact) mass is 1270 g/mol. The molecule has 0 bridgehead atoms. The average Bonchev–Trinajstić information content (AvgIpc) is 0.686. The molecule has 0 spiro atoms. The van der Waals surface area contributed by atoms with Crippen molar-refractivity contribution < 1.29 is 15.3 Å². The minimum atomic E-state index is -0.544. The topological polar surface area (TPSA) is 60.7 Å². The first-order valence-electron chi connectivity index (χ1n) is 40.4. The van der Waals surface area contributed by atoms with Crippen LogP contribution in [-0.4, -0.2) is 15.3 Å². The van der Waals surface area contributed by atoms with E-state index in [1.807, 2.05) is 0 Å². The fraction of sp³-hybridized carbons (Fsp3) is 0.798. The molecule has 0 saturated carbocycles. The molecule has 0 saturated heterocycles. The van der Waals surface area contributed by atoms with Crippen LogP contribution in [0.5, 0.6) is 17.2 Å². The van der Waals surface area contributed by atoms with Gasteiger partial charge in [0.15, 0.2) is 0 Å². The summed E-state index contributed by atoms with van der Waals surface area (Å²) in [6.45, 7) is 40.0. The minimum absolute atomic E-state index is 0.268. The summed E-state index contributed by atoms with van der Waals surface area (Å²) in [5.74, 6) is 1.25. The maximum Gasteiger partial charge on any atom is 0.119 e. The lowest BCUT2D eigenvalue weighted by atomic mass is 9.40. The van der Waals surface area contributed by atoms with Gasteiger partial charge in [0, 0.05) is 5.41 Å². The number of rotatable bonds is 53. The number of aromatic hydroxyl groups is 3. The molecule has 0 aliphatic heterocycles. The normalized spacial score (nSPS) is 13.4. The Hall–Kier alpha value is -2.94. The number of unbranched alkanes of at least 4 members (excludes halogenated alkanes) is 40. The van der Waals surface area contributed by atoms with Crippen LogP contribution in [0.3, 0.4) is 0 Å². The van der Waals surface area contributed by atoms with Crippen LogP contribution >= 0.6 is 0 Å². The van der Waals surface area contributed by atoms with Gasteiger partial charge in [-0.1, -0.05) is 398 Å². The summed E-state index contributed by atoms with van der Waals surface area (Å²) < 4.78 is 0. The van der Waals surface area contributed by atoms with E-state index in [0.717, 1.165) is 68.1 Å². The molecule has 530 valence electrons. The Morgan fingerprint density at radius 1 is 0.228 bits per heavy atom. The Balaban J connectivity index is 2.67. The van der Waals surface area contributed by atoms with Crippen LogP contribution < -0.4 is 0 Å². The molecule has 3 N–H and O–H groups in total. The van der Waals surface area contributed by atoms with Crippen molar-refractivity contribution in [3.05, 3.63) is 86.5 Å². The van der Waals surface area contributed by atoms with E-state index < -0.39 is 5.41 Å². The maximum absolute atomic E-state index is 12.5. The van der Waals surface area contributed by atoms with Gasteiger partial charge in [-0.15, -0.1) is 0 Å². The largest absolute Gasteiger partial charge is 0.508 e. The molecule has 92 heavy (non-hydrogen) atoms. The highest BCUT2D eigenvalue weighted by atomic mass is 16.3. The van der Waals surface area contributed by atoms with E-state index in [-0.39, 0.29) is 27.1 Å². The molecule has 0 aromatic heterocycles. The summed E-state index contributed by atoms with van der Waals surface area (Å²) in [5.41, 5.74) is 8.87. The van der Waals surface area contributed by atoms with E-state index in [2.05, 4.69) is 154 Å². The number of hydrogen-bond donors (Lipinski definition) is 3. The summed E-state index contributed by atoms with van der Waals surface area (Å²) in [6.07, 6.45) is 61.9. The SMILES string of the molecule is CCCCCCCCCCCCCC(C)(c1cc(C(C)(C)C)c(O)cc1C)C(CCCCCCCCCCCCC)(CCCCCCCCCCCCC)C(CCCCCCCCCCCCC)(c1cc(C(C)(C)C)c(O)cc1C)c1cc(C(C)(C)C)c(O)cc1C. The second kappa shape index (κ2) is 44.1. The highest BCUT2D eigenvalue weighted by molar-refractivity contribution is 5.60. The predicted molar refractivity (Wildman–Crippen MR) is 410 cm³/mol. The lowest BCUT2D eigenvalue weighted by molar-refractivity contribution is -0.000861. The molecule has 1 unspecified atom stereocenters. The van der Waals surface area contributed by atoms with Crippen molar-refractivity contribution in [2.75, 3.05) is 0 Å². The molecule has 0 radical (unpaired) electrons. The predicted octanol–water partition coefficient (Wildman–Crippen LogP) is 29.7. The summed E-state index contributed by atoms with van der Waals surface area (Å²) in [6, 6.07) is 14.2. The molecule has 1 atom stereocenters. The van der Waals surface area contributed by atoms with Gasteiger partial charge in [0.1, 0.15) is 17.2 Å². The zero-order valence-electron chi connectivity index (χ0n) is 64.7. The molecule has 3 aromatic rings. The van der Waals surface area contributed by atoms with Crippen LogP contribution in [0, 0.1) is 26.2 Å². The molecular weight excluding hydrogens is 1120 g/mol. The number of aryl methyl sites for hydroxylation is 3. The molecule has 0 fully saturated rings. The van der Waals surface area contributed by atoms with Crippen molar-refractivity contribution >= 4 is 0 Å². The Bertz CT molecular complexity index is 2300. The van der Waals surface area contributed by atoms with Crippen molar-refractivity contribution in [1.29, 1.82) is 0 Å². The van der Waals surface area contributed by atoms with Gasteiger partial charge in [0.25, 0.3) is 0 Å². The van der Waals surface area contributed by atoms with E-state index in [0.29, 0.717) is 17.2 Å². The first kappa shape index (κ1) is 83.3. The number of phenolic OH excluding ortho intramolecular Hbond substituents is 3. The van der Waals surface area contributed by atoms with Crippen LogP contribution in [-0.2, 0) is 27.1 Å². The lowest BCUT2D eigenvalue weighted by Gasteiger charge is -2.63. The van der Waals surface area contributed by atoms with Gasteiger partial charge in [-0.05, 0) is 142 Å². The van der Waals surface area contributed by atoms with Crippen molar-refractivity contribution in [1.82, 2.24) is 0 Å². The molecule has 3 rings (SSSR count). The Morgan fingerprint density at radius 3 is 0.663 bits per heavy atom. The molecule has 0 aliphatic carbocycles. The minimum Gasteiger partial charge on any atom is -0.508 e. The van der Waals surface area contributed by atoms with Crippen molar-refractivity contribution in [3.63, 3.8) is 0 Å². The van der Waals surface area contributed by atoms with E-state index >= 15 is 0 Å². The van der Waals surface area contributed by atoms with Gasteiger partial charge in [0.2, 0.25) is 0 Å². The fourth-order valence-electron chi connectivity index (χ4n) is 17.1.